The van der Waals surface area contributed by atoms with Crippen LogP contribution in [-0.2, 0) is 16.1 Å². The summed E-state index contributed by atoms with van der Waals surface area (Å²) < 4.78 is 12.9. The highest BCUT2D eigenvalue weighted by Crippen LogP contribution is 2.15. The molecule has 2 aromatic rings. The Bertz CT molecular complexity index is 837. The van der Waals surface area contributed by atoms with Crippen LogP contribution < -0.4 is 15.5 Å². The van der Waals surface area contributed by atoms with Crippen LogP contribution in [0.2, 0.25) is 0 Å². The zero-order chi connectivity index (χ0) is 20.5. The number of para-hydroxylation sites is 1. The number of nitrogens with one attached hydrogen (secondary N) is 3. The van der Waals surface area contributed by atoms with Gasteiger partial charge in [-0.15, -0.1) is 0 Å². The SMILES string of the molecule is CC[NH+](CC(=O)NCc1ccc(F)cc1)CC(=O)Nc1ccccc1C(C)=O. The molecule has 2 amide bonds. The van der Waals surface area contributed by atoms with Gasteiger partial charge in [-0.05, 0) is 43.7 Å². The molecule has 148 valence electrons. The lowest BCUT2D eigenvalue weighted by Gasteiger charge is -2.17. The van der Waals surface area contributed by atoms with Crippen molar-refractivity contribution in [3.05, 3.63) is 65.5 Å². The molecule has 0 radical (unpaired) electrons. The van der Waals surface area contributed by atoms with E-state index in [-0.39, 0.29) is 36.5 Å². The van der Waals surface area contributed by atoms with E-state index < -0.39 is 0 Å². The van der Waals surface area contributed by atoms with Crippen LogP contribution in [0.25, 0.3) is 0 Å². The van der Waals surface area contributed by atoms with Gasteiger partial charge in [-0.3, -0.25) is 14.4 Å². The van der Waals surface area contributed by atoms with Gasteiger partial charge in [0.2, 0.25) is 0 Å². The number of hydrogen-bond acceptors (Lipinski definition) is 3. The van der Waals surface area contributed by atoms with Gasteiger partial charge in [-0.25, -0.2) is 4.39 Å². The van der Waals surface area contributed by atoms with E-state index in [0.717, 1.165) is 10.5 Å². The number of halogens is 1. The number of rotatable bonds is 9. The van der Waals surface area contributed by atoms with Crippen molar-refractivity contribution in [3.63, 3.8) is 0 Å². The second-order valence-electron chi connectivity index (χ2n) is 6.51. The molecule has 3 N–H and O–H groups in total. The van der Waals surface area contributed by atoms with Gasteiger partial charge in [-0.2, -0.15) is 0 Å². The summed E-state index contributed by atoms with van der Waals surface area (Å²) >= 11 is 0. The average molecular weight is 386 g/mol. The fourth-order valence-corrected chi connectivity index (χ4v) is 2.73. The summed E-state index contributed by atoms with van der Waals surface area (Å²) in [6.07, 6.45) is 0. The number of carbonyl (C=O) groups is 3. The summed E-state index contributed by atoms with van der Waals surface area (Å²) in [5, 5.41) is 5.52. The van der Waals surface area contributed by atoms with Crippen LogP contribution in [0.1, 0.15) is 29.8 Å². The second-order valence-corrected chi connectivity index (χ2v) is 6.51. The van der Waals surface area contributed by atoms with Crippen LogP contribution in [0, 0.1) is 5.82 Å². The Morgan fingerprint density at radius 1 is 0.964 bits per heavy atom. The minimum Gasteiger partial charge on any atom is -0.347 e. The lowest BCUT2D eigenvalue weighted by atomic mass is 10.1. The van der Waals surface area contributed by atoms with Crippen molar-refractivity contribution in [2.24, 2.45) is 0 Å². The Balaban J connectivity index is 1.85. The number of quaternary nitrogens is 1. The molecule has 28 heavy (non-hydrogen) atoms. The molecule has 0 saturated carbocycles. The van der Waals surface area contributed by atoms with Crippen LogP contribution in [-0.4, -0.2) is 37.2 Å². The maximum atomic E-state index is 12.9. The summed E-state index contributed by atoms with van der Waals surface area (Å²) in [6.45, 7) is 4.46. The van der Waals surface area contributed by atoms with Gasteiger partial charge < -0.3 is 15.5 Å². The number of hydrogen-bond donors (Lipinski definition) is 3. The molecular weight excluding hydrogens is 361 g/mol. The highest BCUT2D eigenvalue weighted by Gasteiger charge is 2.18. The van der Waals surface area contributed by atoms with Crippen molar-refractivity contribution < 1.29 is 23.7 Å². The van der Waals surface area contributed by atoms with Crippen LogP contribution in [0.5, 0.6) is 0 Å². The van der Waals surface area contributed by atoms with E-state index in [2.05, 4.69) is 10.6 Å². The summed E-state index contributed by atoms with van der Waals surface area (Å²) in [7, 11) is 0. The molecule has 0 aliphatic rings. The van der Waals surface area contributed by atoms with E-state index in [9.17, 15) is 18.8 Å². The molecule has 1 unspecified atom stereocenters. The monoisotopic (exact) mass is 386 g/mol. The molecule has 0 spiro atoms. The Kier molecular flexibility index (Phi) is 7.83. The van der Waals surface area contributed by atoms with Gasteiger partial charge in [0.15, 0.2) is 18.9 Å². The average Bonchev–Trinajstić information content (AvgIpc) is 2.67. The largest absolute Gasteiger partial charge is 0.347 e. The molecule has 0 aromatic heterocycles. The number of likely N-dealkylation sites (N-methyl/N-ethyl adjacent to an activating group) is 1. The molecule has 0 heterocycles. The summed E-state index contributed by atoms with van der Waals surface area (Å²) in [5.74, 6) is -0.917. The highest BCUT2D eigenvalue weighted by atomic mass is 19.1. The second kappa shape index (κ2) is 10.3. The van der Waals surface area contributed by atoms with E-state index >= 15 is 0 Å². The first-order chi connectivity index (χ1) is 13.4. The molecule has 0 fully saturated rings. The Morgan fingerprint density at radius 2 is 1.61 bits per heavy atom. The first-order valence-electron chi connectivity index (χ1n) is 9.13. The number of carbonyl (C=O) groups excluding carboxylic acids is 3. The van der Waals surface area contributed by atoms with Crippen molar-refractivity contribution >= 4 is 23.3 Å². The molecule has 2 aromatic carbocycles. The third-order valence-electron chi connectivity index (χ3n) is 4.30. The number of anilines is 1. The summed E-state index contributed by atoms with van der Waals surface area (Å²) in [4.78, 5) is 36.9. The molecule has 2 rings (SSSR count). The lowest BCUT2D eigenvalue weighted by molar-refractivity contribution is -0.881. The zero-order valence-corrected chi connectivity index (χ0v) is 16.0. The van der Waals surface area contributed by atoms with Crippen molar-refractivity contribution in [1.82, 2.24) is 5.32 Å². The summed E-state index contributed by atoms with van der Waals surface area (Å²) in [6, 6.07) is 12.7. The van der Waals surface area contributed by atoms with Gasteiger partial charge in [0, 0.05) is 12.1 Å². The minimum absolute atomic E-state index is 0.104. The normalized spacial score (nSPS) is 11.5. The van der Waals surface area contributed by atoms with Crippen LogP contribution >= 0.6 is 0 Å². The van der Waals surface area contributed by atoms with E-state index in [0.29, 0.717) is 24.3 Å². The molecule has 0 aliphatic heterocycles. The van der Waals surface area contributed by atoms with E-state index in [4.69, 9.17) is 0 Å². The molecule has 7 heteroatoms. The number of ketones is 1. The molecule has 0 saturated heterocycles. The Morgan fingerprint density at radius 3 is 2.25 bits per heavy atom. The molecular formula is C21H25FN3O3+. The van der Waals surface area contributed by atoms with Gasteiger partial charge in [0.1, 0.15) is 5.82 Å². The highest BCUT2D eigenvalue weighted by molar-refractivity contribution is 6.03. The van der Waals surface area contributed by atoms with Crippen molar-refractivity contribution in [2.45, 2.75) is 20.4 Å². The van der Waals surface area contributed by atoms with Crippen LogP contribution in [0.4, 0.5) is 10.1 Å². The van der Waals surface area contributed by atoms with Gasteiger partial charge >= 0.3 is 0 Å². The first-order valence-corrected chi connectivity index (χ1v) is 9.13. The Labute approximate surface area is 163 Å². The summed E-state index contributed by atoms with van der Waals surface area (Å²) in [5.41, 5.74) is 1.72. The topological polar surface area (TPSA) is 79.7 Å². The predicted octanol–water partition coefficient (Wildman–Crippen LogP) is 1.19. The zero-order valence-electron chi connectivity index (χ0n) is 16.0. The molecule has 6 nitrogen and oxygen atoms in total. The molecule has 0 bridgehead atoms. The first kappa shape index (κ1) is 21.2. The number of Topliss-reactive ketones (excluding diaryl/α,β-unsaturated/α-hetero) is 1. The standard InChI is InChI=1S/C21H24FN3O3/c1-3-25(13-20(27)23-12-16-8-10-17(22)11-9-16)14-21(28)24-19-7-5-4-6-18(19)15(2)26/h4-11H,3,12-14H2,1-2H3,(H,23,27)(H,24,28)/p+1. The number of amides is 2. The van der Waals surface area contributed by atoms with E-state index in [1.54, 1.807) is 36.4 Å². The smallest absolute Gasteiger partial charge is 0.279 e. The lowest BCUT2D eigenvalue weighted by Crippen LogP contribution is -3.14. The van der Waals surface area contributed by atoms with Crippen LogP contribution in [0.15, 0.2) is 48.5 Å². The third-order valence-corrected chi connectivity index (χ3v) is 4.30. The number of benzene rings is 2. The minimum atomic E-state index is -0.325. The maximum Gasteiger partial charge on any atom is 0.279 e. The fourth-order valence-electron chi connectivity index (χ4n) is 2.73. The van der Waals surface area contributed by atoms with Crippen molar-refractivity contribution in [1.29, 1.82) is 0 Å². The molecule has 0 aliphatic carbocycles. The fraction of sp³-hybridized carbons (Fsp3) is 0.286. The quantitative estimate of drug-likeness (QED) is 0.567. The molecule has 1 atom stereocenters. The van der Waals surface area contributed by atoms with Gasteiger partial charge in [0.25, 0.3) is 11.8 Å². The predicted molar refractivity (Wildman–Crippen MR) is 105 cm³/mol. The maximum absolute atomic E-state index is 12.9. The van der Waals surface area contributed by atoms with Gasteiger partial charge in [-0.1, -0.05) is 24.3 Å². The van der Waals surface area contributed by atoms with Crippen molar-refractivity contribution in [2.75, 3.05) is 25.0 Å². The van der Waals surface area contributed by atoms with E-state index in [1.807, 2.05) is 6.92 Å². The van der Waals surface area contributed by atoms with Crippen molar-refractivity contribution in [3.8, 4) is 0 Å². The Hall–Kier alpha value is -3.06. The third kappa shape index (κ3) is 6.59. The van der Waals surface area contributed by atoms with E-state index in [1.165, 1.54) is 19.1 Å². The van der Waals surface area contributed by atoms with Gasteiger partial charge in [0.05, 0.1) is 12.2 Å². The van der Waals surface area contributed by atoms with Crippen LogP contribution in [0.3, 0.4) is 0 Å².